The Morgan fingerprint density at radius 1 is 1.33 bits per heavy atom. The summed E-state index contributed by atoms with van der Waals surface area (Å²) < 4.78 is 5.55. The molecule has 1 fully saturated rings. The van der Waals surface area contributed by atoms with Crippen molar-refractivity contribution < 1.29 is 14.3 Å². The number of likely N-dealkylation sites (tertiary alicyclic amines) is 1. The van der Waals surface area contributed by atoms with Crippen LogP contribution in [-0.2, 0) is 4.79 Å². The SMILES string of the molecule is C=C(C)COc1ccc(NC(=O)N(C)CC2CC(=O)N(C(C)(C)C)C2)cc1. The number of carbonyl (C=O) groups excluding carboxylic acids is 2. The first-order valence-corrected chi connectivity index (χ1v) is 9.26. The number of hydrogen-bond acceptors (Lipinski definition) is 3. The molecule has 1 atom stereocenters. The zero-order valence-corrected chi connectivity index (χ0v) is 17.0. The lowest BCUT2D eigenvalue weighted by Crippen LogP contribution is -2.43. The monoisotopic (exact) mass is 373 g/mol. The zero-order chi connectivity index (χ0) is 20.2. The Labute approximate surface area is 162 Å². The Morgan fingerprint density at radius 2 is 1.96 bits per heavy atom. The van der Waals surface area contributed by atoms with Gasteiger partial charge in [-0.05, 0) is 57.5 Å². The summed E-state index contributed by atoms with van der Waals surface area (Å²) in [7, 11) is 1.75. The molecule has 3 amide bonds. The topological polar surface area (TPSA) is 61.9 Å². The highest BCUT2D eigenvalue weighted by atomic mass is 16.5. The number of carbonyl (C=O) groups is 2. The second-order valence-electron chi connectivity index (χ2n) is 8.33. The first-order valence-electron chi connectivity index (χ1n) is 9.26. The van der Waals surface area contributed by atoms with Crippen LogP contribution in [-0.4, -0.2) is 54.0 Å². The van der Waals surface area contributed by atoms with Gasteiger partial charge in [-0.3, -0.25) is 4.79 Å². The Morgan fingerprint density at radius 3 is 2.48 bits per heavy atom. The van der Waals surface area contributed by atoms with Crippen LogP contribution in [0.3, 0.4) is 0 Å². The highest BCUT2D eigenvalue weighted by Gasteiger charge is 2.36. The highest BCUT2D eigenvalue weighted by molar-refractivity contribution is 5.89. The minimum atomic E-state index is -0.188. The minimum Gasteiger partial charge on any atom is -0.489 e. The molecule has 0 aromatic heterocycles. The quantitative estimate of drug-likeness (QED) is 0.773. The fourth-order valence-electron chi connectivity index (χ4n) is 3.08. The minimum absolute atomic E-state index is 0.158. The van der Waals surface area contributed by atoms with Gasteiger partial charge in [0, 0.05) is 43.7 Å². The lowest BCUT2D eigenvalue weighted by molar-refractivity contribution is -0.131. The van der Waals surface area contributed by atoms with Crippen LogP contribution in [0.25, 0.3) is 0 Å². The van der Waals surface area contributed by atoms with Crippen LogP contribution in [0.5, 0.6) is 5.75 Å². The normalized spacial score (nSPS) is 17.0. The van der Waals surface area contributed by atoms with Crippen LogP contribution in [0.4, 0.5) is 10.5 Å². The first kappa shape index (κ1) is 20.8. The largest absolute Gasteiger partial charge is 0.489 e. The average Bonchev–Trinajstić information content (AvgIpc) is 2.94. The van der Waals surface area contributed by atoms with E-state index in [9.17, 15) is 9.59 Å². The fraction of sp³-hybridized carbons (Fsp3) is 0.524. The van der Waals surface area contributed by atoms with E-state index in [-0.39, 0.29) is 23.4 Å². The molecular formula is C21H31N3O3. The molecule has 1 aromatic rings. The fourth-order valence-corrected chi connectivity index (χ4v) is 3.08. The van der Waals surface area contributed by atoms with Crippen molar-refractivity contribution >= 4 is 17.6 Å². The summed E-state index contributed by atoms with van der Waals surface area (Å²) in [5.41, 5.74) is 1.47. The first-order chi connectivity index (χ1) is 12.6. The van der Waals surface area contributed by atoms with Gasteiger partial charge in [0.25, 0.3) is 0 Å². The maximum absolute atomic E-state index is 12.4. The standard InChI is InChI=1S/C21H31N3O3/c1-15(2)14-27-18-9-7-17(8-10-18)22-20(26)23(6)12-16-11-19(25)24(13-16)21(3,4)5/h7-10,16H,1,11-14H2,2-6H3,(H,22,26). The lowest BCUT2D eigenvalue weighted by atomic mass is 10.1. The van der Waals surface area contributed by atoms with Crippen molar-refractivity contribution in [3.05, 3.63) is 36.4 Å². The van der Waals surface area contributed by atoms with E-state index in [0.29, 0.717) is 31.8 Å². The van der Waals surface area contributed by atoms with Gasteiger partial charge in [0.2, 0.25) is 5.91 Å². The number of hydrogen-bond donors (Lipinski definition) is 1. The molecule has 1 aliphatic rings. The molecule has 2 rings (SSSR count). The summed E-state index contributed by atoms with van der Waals surface area (Å²) >= 11 is 0. The van der Waals surface area contributed by atoms with Gasteiger partial charge in [-0.1, -0.05) is 6.58 Å². The van der Waals surface area contributed by atoms with E-state index in [1.54, 1.807) is 24.1 Å². The number of nitrogens with zero attached hydrogens (tertiary/aromatic N) is 2. The van der Waals surface area contributed by atoms with Gasteiger partial charge in [0.05, 0.1) is 0 Å². The van der Waals surface area contributed by atoms with E-state index in [4.69, 9.17) is 4.74 Å². The second kappa shape index (κ2) is 8.46. The smallest absolute Gasteiger partial charge is 0.321 e. The molecule has 0 spiro atoms. The Hall–Kier alpha value is -2.50. The van der Waals surface area contributed by atoms with E-state index < -0.39 is 0 Å². The van der Waals surface area contributed by atoms with Crippen molar-refractivity contribution in [2.75, 3.05) is 32.1 Å². The summed E-state index contributed by atoms with van der Waals surface area (Å²) in [5.74, 6) is 1.05. The van der Waals surface area contributed by atoms with Crippen molar-refractivity contribution in [2.45, 2.75) is 39.7 Å². The predicted molar refractivity (Wildman–Crippen MR) is 108 cm³/mol. The molecule has 1 N–H and O–H groups in total. The highest BCUT2D eigenvalue weighted by Crippen LogP contribution is 2.26. The molecule has 6 nitrogen and oxygen atoms in total. The summed E-state index contributed by atoms with van der Waals surface area (Å²) in [4.78, 5) is 28.2. The van der Waals surface area contributed by atoms with Crippen molar-refractivity contribution in [2.24, 2.45) is 5.92 Å². The zero-order valence-electron chi connectivity index (χ0n) is 17.0. The molecule has 1 aliphatic heterocycles. The molecule has 1 unspecified atom stereocenters. The van der Waals surface area contributed by atoms with Gasteiger partial charge in [-0.25, -0.2) is 4.79 Å². The summed E-state index contributed by atoms with van der Waals surface area (Å²) in [6.45, 7) is 13.5. The Balaban J connectivity index is 1.85. The third kappa shape index (κ3) is 6.01. The number of rotatable bonds is 6. The van der Waals surface area contributed by atoms with Crippen molar-refractivity contribution in [1.29, 1.82) is 0 Å². The van der Waals surface area contributed by atoms with Crippen LogP contribution in [0, 0.1) is 5.92 Å². The van der Waals surface area contributed by atoms with Crippen molar-refractivity contribution in [3.8, 4) is 5.75 Å². The van der Waals surface area contributed by atoms with E-state index in [1.807, 2.05) is 44.7 Å². The van der Waals surface area contributed by atoms with Gasteiger partial charge in [0.1, 0.15) is 12.4 Å². The van der Waals surface area contributed by atoms with Gasteiger partial charge in [-0.15, -0.1) is 0 Å². The number of amides is 3. The molecule has 27 heavy (non-hydrogen) atoms. The number of anilines is 1. The number of ether oxygens (including phenoxy) is 1. The number of benzene rings is 1. The van der Waals surface area contributed by atoms with Crippen LogP contribution in [0.1, 0.15) is 34.1 Å². The average molecular weight is 373 g/mol. The van der Waals surface area contributed by atoms with Crippen molar-refractivity contribution in [3.63, 3.8) is 0 Å². The summed E-state index contributed by atoms with van der Waals surface area (Å²) in [6, 6.07) is 7.05. The summed E-state index contributed by atoms with van der Waals surface area (Å²) in [5, 5.41) is 2.88. The number of urea groups is 1. The van der Waals surface area contributed by atoms with Gasteiger partial charge in [0.15, 0.2) is 0 Å². The third-order valence-corrected chi connectivity index (χ3v) is 4.48. The maximum atomic E-state index is 12.4. The van der Waals surface area contributed by atoms with E-state index >= 15 is 0 Å². The van der Waals surface area contributed by atoms with Crippen LogP contribution in [0.2, 0.25) is 0 Å². The van der Waals surface area contributed by atoms with E-state index in [0.717, 1.165) is 11.3 Å². The molecule has 6 heteroatoms. The third-order valence-electron chi connectivity index (χ3n) is 4.48. The molecule has 1 heterocycles. The molecule has 0 saturated carbocycles. The van der Waals surface area contributed by atoms with Crippen LogP contribution < -0.4 is 10.1 Å². The molecule has 1 aromatic carbocycles. The second-order valence-corrected chi connectivity index (χ2v) is 8.33. The Bertz CT molecular complexity index is 692. The lowest BCUT2D eigenvalue weighted by Gasteiger charge is -2.32. The molecular weight excluding hydrogens is 342 g/mol. The van der Waals surface area contributed by atoms with Crippen LogP contribution >= 0.6 is 0 Å². The van der Waals surface area contributed by atoms with Crippen LogP contribution in [0.15, 0.2) is 36.4 Å². The number of nitrogens with one attached hydrogen (secondary N) is 1. The molecule has 1 saturated heterocycles. The predicted octanol–water partition coefficient (Wildman–Crippen LogP) is 3.75. The molecule has 0 radical (unpaired) electrons. The van der Waals surface area contributed by atoms with Gasteiger partial charge < -0.3 is 19.9 Å². The molecule has 148 valence electrons. The molecule has 0 bridgehead atoms. The molecule has 0 aliphatic carbocycles. The Kier molecular flexibility index (Phi) is 6.52. The van der Waals surface area contributed by atoms with Crippen molar-refractivity contribution in [1.82, 2.24) is 9.80 Å². The maximum Gasteiger partial charge on any atom is 0.321 e. The van der Waals surface area contributed by atoms with E-state index in [2.05, 4.69) is 11.9 Å². The summed E-state index contributed by atoms with van der Waals surface area (Å²) in [6.07, 6.45) is 0.490. The van der Waals surface area contributed by atoms with Gasteiger partial charge >= 0.3 is 6.03 Å². The van der Waals surface area contributed by atoms with E-state index in [1.165, 1.54) is 0 Å². The van der Waals surface area contributed by atoms with Gasteiger partial charge in [-0.2, -0.15) is 0 Å².